The van der Waals surface area contributed by atoms with E-state index >= 15 is 0 Å². The molecule has 1 heterocycles. The summed E-state index contributed by atoms with van der Waals surface area (Å²) in [6.45, 7) is -0.639. The van der Waals surface area contributed by atoms with Crippen molar-refractivity contribution in [2.24, 2.45) is 17.8 Å². The summed E-state index contributed by atoms with van der Waals surface area (Å²) in [4.78, 5) is 50.5. The molecule has 10 heteroatoms. The van der Waals surface area contributed by atoms with Crippen molar-refractivity contribution in [2.75, 3.05) is 11.5 Å². The van der Waals surface area contributed by atoms with Crippen molar-refractivity contribution in [1.82, 2.24) is 5.32 Å². The summed E-state index contributed by atoms with van der Waals surface area (Å²) in [5.74, 6) is -0.460. The van der Waals surface area contributed by atoms with Crippen molar-refractivity contribution >= 4 is 58.8 Å². The lowest BCUT2D eigenvalue weighted by Gasteiger charge is -2.57. The van der Waals surface area contributed by atoms with Crippen LogP contribution in [0.2, 0.25) is 10.0 Å². The third-order valence-corrected chi connectivity index (χ3v) is 9.11. The highest BCUT2D eigenvalue weighted by molar-refractivity contribution is 6.40. The van der Waals surface area contributed by atoms with Crippen LogP contribution in [0.1, 0.15) is 49.7 Å². The first-order valence-corrected chi connectivity index (χ1v) is 13.7. The lowest BCUT2D eigenvalue weighted by atomic mass is 9.48. The van der Waals surface area contributed by atoms with Crippen LogP contribution in [0.15, 0.2) is 42.0 Å². The number of amides is 4. The van der Waals surface area contributed by atoms with Gasteiger partial charge < -0.3 is 9.84 Å². The molecule has 4 aliphatic carbocycles. The van der Waals surface area contributed by atoms with Crippen molar-refractivity contribution in [1.29, 1.82) is 0 Å². The van der Waals surface area contributed by atoms with Crippen LogP contribution in [0.4, 0.5) is 10.5 Å². The highest BCUT2D eigenvalue weighted by Gasteiger charge is 2.51. The average molecular weight is 569 g/mol. The SMILES string of the molecule is O=C(O)COc1c(Cl)cc(/C=C2\C(=O)NC(=O)N(c3ccc(C45CC6CC(CC(C6)C4)C5)cc3)C2=O)cc1Cl. The van der Waals surface area contributed by atoms with E-state index in [0.29, 0.717) is 11.3 Å². The standard InChI is InChI=1S/C29H26Cl2N2O6/c30-22-9-15(10-23(31)25(22)39-14-24(34)35)8-21-26(36)32-28(38)33(27(21)37)20-3-1-19(2-4-20)29-11-16-5-17(12-29)7-18(6-16)13-29/h1-4,8-10,16-18H,5-7,11-14H2,(H,34,35)(H,32,36,38)/b21-8+. The summed E-state index contributed by atoms with van der Waals surface area (Å²) in [7, 11) is 0. The minimum atomic E-state index is -1.20. The number of urea groups is 1. The Balaban J connectivity index is 1.26. The number of anilines is 1. The molecule has 7 rings (SSSR count). The first-order valence-electron chi connectivity index (χ1n) is 13.0. The van der Waals surface area contributed by atoms with Gasteiger partial charge in [0.25, 0.3) is 11.8 Å². The van der Waals surface area contributed by atoms with Gasteiger partial charge in [0.15, 0.2) is 12.4 Å². The smallest absolute Gasteiger partial charge is 0.341 e. The van der Waals surface area contributed by atoms with Gasteiger partial charge in [0.1, 0.15) is 5.57 Å². The third kappa shape index (κ3) is 4.70. The van der Waals surface area contributed by atoms with E-state index in [1.54, 1.807) is 12.1 Å². The van der Waals surface area contributed by atoms with Crippen LogP contribution in [0, 0.1) is 17.8 Å². The number of rotatable bonds is 6. The zero-order chi connectivity index (χ0) is 27.5. The number of aliphatic carboxylic acids is 1. The Hall–Kier alpha value is -3.36. The van der Waals surface area contributed by atoms with E-state index in [2.05, 4.69) is 5.32 Å². The Morgan fingerprint density at radius 3 is 2.10 bits per heavy atom. The second-order valence-corrected chi connectivity index (χ2v) is 12.0. The Morgan fingerprint density at radius 1 is 1.00 bits per heavy atom. The highest BCUT2D eigenvalue weighted by Crippen LogP contribution is 2.60. The molecule has 0 unspecified atom stereocenters. The molecule has 4 bridgehead atoms. The van der Waals surface area contributed by atoms with Gasteiger partial charge in [-0.05, 0) is 103 Å². The summed E-state index contributed by atoms with van der Waals surface area (Å²) in [6, 6.07) is 9.56. The van der Waals surface area contributed by atoms with E-state index in [9.17, 15) is 19.2 Å². The molecular weight excluding hydrogens is 543 g/mol. The molecule has 8 nitrogen and oxygen atoms in total. The number of hydrogen-bond acceptors (Lipinski definition) is 5. The Bertz CT molecular complexity index is 1380. The molecule has 4 saturated carbocycles. The molecule has 1 aliphatic heterocycles. The lowest BCUT2D eigenvalue weighted by Crippen LogP contribution is -2.54. The summed E-state index contributed by atoms with van der Waals surface area (Å²) in [6.07, 6.45) is 8.92. The van der Waals surface area contributed by atoms with Crippen LogP contribution >= 0.6 is 23.2 Å². The van der Waals surface area contributed by atoms with Gasteiger partial charge in [0.2, 0.25) is 0 Å². The van der Waals surface area contributed by atoms with Crippen LogP contribution in [0.3, 0.4) is 0 Å². The van der Waals surface area contributed by atoms with Gasteiger partial charge >= 0.3 is 12.0 Å². The topological polar surface area (TPSA) is 113 Å². The maximum atomic E-state index is 13.4. The fraction of sp³-hybridized carbons (Fsp3) is 0.379. The maximum absolute atomic E-state index is 13.4. The van der Waals surface area contributed by atoms with E-state index in [4.69, 9.17) is 33.0 Å². The van der Waals surface area contributed by atoms with Crippen LogP contribution < -0.4 is 15.0 Å². The fourth-order valence-corrected chi connectivity index (χ4v) is 8.03. The molecule has 4 amide bonds. The van der Waals surface area contributed by atoms with Crippen LogP contribution in [0.5, 0.6) is 5.75 Å². The van der Waals surface area contributed by atoms with Gasteiger partial charge in [-0.1, -0.05) is 35.3 Å². The number of barbiturate groups is 1. The largest absolute Gasteiger partial charge is 0.479 e. The molecule has 2 aromatic carbocycles. The second-order valence-electron chi connectivity index (χ2n) is 11.2. The van der Waals surface area contributed by atoms with Crippen molar-refractivity contribution in [3.05, 3.63) is 63.1 Å². The molecule has 0 atom stereocenters. The van der Waals surface area contributed by atoms with Gasteiger partial charge in [-0.15, -0.1) is 0 Å². The Kier molecular flexibility index (Phi) is 6.43. The fourth-order valence-electron chi connectivity index (χ4n) is 7.42. The summed E-state index contributed by atoms with van der Waals surface area (Å²) < 4.78 is 5.11. The number of imide groups is 2. The summed E-state index contributed by atoms with van der Waals surface area (Å²) in [5.41, 5.74) is 1.85. The molecule has 0 radical (unpaired) electrons. The number of carbonyl (C=O) groups excluding carboxylic acids is 3. The zero-order valence-electron chi connectivity index (χ0n) is 20.9. The highest BCUT2D eigenvalue weighted by atomic mass is 35.5. The third-order valence-electron chi connectivity index (χ3n) is 8.55. The summed E-state index contributed by atoms with van der Waals surface area (Å²) >= 11 is 12.4. The quantitative estimate of drug-likeness (QED) is 0.347. The number of carbonyl (C=O) groups is 4. The molecule has 202 valence electrons. The Morgan fingerprint density at radius 2 is 1.56 bits per heavy atom. The van der Waals surface area contributed by atoms with Crippen LogP contribution in [-0.2, 0) is 19.8 Å². The number of hydrogen-bond donors (Lipinski definition) is 2. The van der Waals surface area contributed by atoms with E-state index in [0.717, 1.165) is 22.7 Å². The van der Waals surface area contributed by atoms with Gasteiger partial charge in [0, 0.05) is 0 Å². The molecule has 0 aromatic heterocycles. The number of nitrogens with one attached hydrogen (secondary N) is 1. The van der Waals surface area contributed by atoms with E-state index in [-0.39, 0.29) is 26.8 Å². The summed E-state index contributed by atoms with van der Waals surface area (Å²) in [5, 5.41) is 11.1. The van der Waals surface area contributed by atoms with Crippen molar-refractivity contribution < 1.29 is 29.0 Å². The number of ether oxygens (including phenoxy) is 1. The number of nitrogens with zero attached hydrogens (tertiary/aromatic N) is 1. The molecule has 1 saturated heterocycles. The van der Waals surface area contributed by atoms with Gasteiger partial charge in [0.05, 0.1) is 15.7 Å². The molecule has 5 aliphatic rings. The van der Waals surface area contributed by atoms with Crippen molar-refractivity contribution in [3.63, 3.8) is 0 Å². The molecule has 0 spiro atoms. The zero-order valence-corrected chi connectivity index (χ0v) is 22.4. The van der Waals surface area contributed by atoms with Gasteiger partial charge in [-0.25, -0.2) is 14.5 Å². The predicted molar refractivity (Wildman–Crippen MR) is 145 cm³/mol. The van der Waals surface area contributed by atoms with Crippen LogP contribution in [-0.4, -0.2) is 35.5 Å². The molecule has 2 N–H and O–H groups in total. The molecule has 39 heavy (non-hydrogen) atoms. The van der Waals surface area contributed by atoms with Crippen molar-refractivity contribution in [3.8, 4) is 5.75 Å². The monoisotopic (exact) mass is 568 g/mol. The van der Waals surface area contributed by atoms with Crippen molar-refractivity contribution in [2.45, 2.75) is 43.9 Å². The van der Waals surface area contributed by atoms with Gasteiger partial charge in [-0.3, -0.25) is 14.9 Å². The van der Waals surface area contributed by atoms with Crippen LogP contribution in [0.25, 0.3) is 6.08 Å². The molecule has 2 aromatic rings. The van der Waals surface area contributed by atoms with E-state index < -0.39 is 30.4 Å². The average Bonchev–Trinajstić information content (AvgIpc) is 2.85. The minimum absolute atomic E-state index is 0.00691. The minimum Gasteiger partial charge on any atom is -0.479 e. The number of carboxylic acids is 1. The lowest BCUT2D eigenvalue weighted by molar-refractivity contribution is -0.139. The second kappa shape index (κ2) is 9.68. The maximum Gasteiger partial charge on any atom is 0.341 e. The first-order chi connectivity index (χ1) is 18.6. The Labute approximate surface area is 234 Å². The predicted octanol–water partition coefficient (Wildman–Crippen LogP) is 5.59. The number of halogens is 2. The normalized spacial score (nSPS) is 28.7. The molecule has 5 fully saturated rings. The number of benzene rings is 2. The first kappa shape index (κ1) is 25.9. The molecular formula is C29H26Cl2N2O6. The number of carboxylic acid groups (broad SMARTS) is 1. The van der Waals surface area contributed by atoms with E-state index in [1.165, 1.54) is 62.3 Å². The van der Waals surface area contributed by atoms with Gasteiger partial charge in [-0.2, -0.15) is 0 Å². The van der Waals surface area contributed by atoms with E-state index in [1.807, 2.05) is 12.1 Å².